The van der Waals surface area contributed by atoms with E-state index in [2.05, 4.69) is 23.2 Å². The Hall–Kier alpha value is -1.35. The SMILES string of the molecule is C[C@@H]1CNC[C@H]2Cc3ccccc3C(=O)N21. The van der Waals surface area contributed by atoms with Crippen molar-refractivity contribution in [1.29, 1.82) is 0 Å². The van der Waals surface area contributed by atoms with E-state index in [-0.39, 0.29) is 5.91 Å². The molecule has 2 aliphatic rings. The van der Waals surface area contributed by atoms with Gasteiger partial charge in [-0.1, -0.05) is 18.2 Å². The van der Waals surface area contributed by atoms with E-state index in [0.29, 0.717) is 12.1 Å². The van der Waals surface area contributed by atoms with E-state index in [1.165, 1.54) is 5.56 Å². The van der Waals surface area contributed by atoms with Gasteiger partial charge in [-0.25, -0.2) is 0 Å². The van der Waals surface area contributed by atoms with E-state index < -0.39 is 0 Å². The van der Waals surface area contributed by atoms with Crippen LogP contribution in [-0.2, 0) is 6.42 Å². The average Bonchev–Trinajstić information content (AvgIpc) is 2.29. The van der Waals surface area contributed by atoms with Crippen LogP contribution in [0.4, 0.5) is 0 Å². The Balaban J connectivity index is 2.03. The zero-order valence-corrected chi connectivity index (χ0v) is 9.44. The predicted octanol–water partition coefficient (Wildman–Crippen LogP) is 1.05. The van der Waals surface area contributed by atoms with E-state index in [1.54, 1.807) is 0 Å². The fraction of sp³-hybridized carbons (Fsp3) is 0.462. The summed E-state index contributed by atoms with van der Waals surface area (Å²) in [6.45, 7) is 3.94. The summed E-state index contributed by atoms with van der Waals surface area (Å²) in [4.78, 5) is 14.4. The smallest absolute Gasteiger partial charge is 0.254 e. The van der Waals surface area contributed by atoms with Gasteiger partial charge >= 0.3 is 0 Å². The molecule has 1 fully saturated rings. The molecule has 0 aromatic heterocycles. The van der Waals surface area contributed by atoms with Crippen LogP contribution in [0.5, 0.6) is 0 Å². The van der Waals surface area contributed by atoms with Crippen LogP contribution in [-0.4, -0.2) is 36.0 Å². The third-order valence-electron chi connectivity index (χ3n) is 3.63. The van der Waals surface area contributed by atoms with E-state index in [9.17, 15) is 4.79 Å². The molecule has 84 valence electrons. The summed E-state index contributed by atoms with van der Waals surface area (Å²) < 4.78 is 0. The predicted molar refractivity (Wildman–Crippen MR) is 62.4 cm³/mol. The van der Waals surface area contributed by atoms with Crippen LogP contribution in [0.2, 0.25) is 0 Å². The molecule has 2 aliphatic heterocycles. The van der Waals surface area contributed by atoms with Crippen LogP contribution in [0.15, 0.2) is 24.3 Å². The molecular weight excluding hydrogens is 200 g/mol. The van der Waals surface area contributed by atoms with Gasteiger partial charge in [-0.05, 0) is 25.0 Å². The highest BCUT2D eigenvalue weighted by molar-refractivity contribution is 5.97. The molecule has 2 heterocycles. The summed E-state index contributed by atoms with van der Waals surface area (Å²) in [6.07, 6.45) is 0.985. The second-order valence-corrected chi connectivity index (χ2v) is 4.73. The van der Waals surface area contributed by atoms with Gasteiger partial charge in [0.25, 0.3) is 5.91 Å². The molecule has 16 heavy (non-hydrogen) atoms. The molecule has 0 saturated carbocycles. The normalized spacial score (nSPS) is 28.6. The molecule has 3 rings (SSSR count). The molecule has 0 aliphatic carbocycles. The van der Waals surface area contributed by atoms with Gasteiger partial charge < -0.3 is 10.2 Å². The fourth-order valence-electron chi connectivity index (χ4n) is 2.85. The number of hydrogen-bond donors (Lipinski definition) is 1. The molecule has 0 radical (unpaired) electrons. The molecule has 1 aromatic carbocycles. The minimum atomic E-state index is 0.209. The Labute approximate surface area is 95.4 Å². The average molecular weight is 216 g/mol. The summed E-state index contributed by atoms with van der Waals surface area (Å²) in [5.74, 6) is 0.209. The maximum Gasteiger partial charge on any atom is 0.254 e. The summed E-state index contributed by atoms with van der Waals surface area (Å²) in [6, 6.07) is 8.63. The molecule has 1 saturated heterocycles. The Morgan fingerprint density at radius 3 is 3.00 bits per heavy atom. The maximum atomic E-state index is 12.4. The molecule has 0 bridgehead atoms. The first kappa shape index (κ1) is 9.85. The molecule has 0 unspecified atom stereocenters. The first-order valence-electron chi connectivity index (χ1n) is 5.88. The van der Waals surface area contributed by atoms with Crippen molar-refractivity contribution in [2.75, 3.05) is 13.1 Å². The lowest BCUT2D eigenvalue weighted by atomic mass is 9.90. The number of rotatable bonds is 0. The molecular formula is C13H16N2O. The standard InChI is InChI=1S/C13H16N2O/c1-9-7-14-8-11-6-10-4-2-3-5-12(10)13(16)15(9)11/h2-5,9,11,14H,6-8H2,1H3/t9-,11-/m1/s1. The fourth-order valence-corrected chi connectivity index (χ4v) is 2.85. The van der Waals surface area contributed by atoms with Gasteiger partial charge in [-0.3, -0.25) is 4.79 Å². The van der Waals surface area contributed by atoms with Crippen molar-refractivity contribution < 1.29 is 4.79 Å². The number of benzene rings is 1. The molecule has 2 atom stereocenters. The van der Waals surface area contributed by atoms with Gasteiger partial charge in [0.1, 0.15) is 0 Å². The second-order valence-electron chi connectivity index (χ2n) is 4.73. The topological polar surface area (TPSA) is 32.3 Å². The number of nitrogens with one attached hydrogen (secondary N) is 1. The Morgan fingerprint density at radius 1 is 1.31 bits per heavy atom. The van der Waals surface area contributed by atoms with Gasteiger partial charge in [-0.2, -0.15) is 0 Å². The zero-order valence-electron chi connectivity index (χ0n) is 9.44. The van der Waals surface area contributed by atoms with Crippen LogP contribution in [0.3, 0.4) is 0 Å². The van der Waals surface area contributed by atoms with Gasteiger partial charge in [0.05, 0.1) is 0 Å². The Morgan fingerprint density at radius 2 is 2.12 bits per heavy atom. The number of carbonyl (C=O) groups excluding carboxylic acids is 1. The molecule has 3 nitrogen and oxygen atoms in total. The first-order valence-corrected chi connectivity index (χ1v) is 5.88. The van der Waals surface area contributed by atoms with Gasteiger partial charge in [0, 0.05) is 30.7 Å². The molecule has 1 aromatic rings. The summed E-state index contributed by atoms with van der Waals surface area (Å²) >= 11 is 0. The monoisotopic (exact) mass is 216 g/mol. The van der Waals surface area contributed by atoms with Crippen molar-refractivity contribution >= 4 is 5.91 Å². The summed E-state index contributed by atoms with van der Waals surface area (Å²) in [5, 5.41) is 3.39. The Bertz CT molecular complexity index is 430. The lowest BCUT2D eigenvalue weighted by Gasteiger charge is -2.44. The van der Waals surface area contributed by atoms with Crippen molar-refractivity contribution in [1.82, 2.24) is 10.2 Å². The van der Waals surface area contributed by atoms with Crippen molar-refractivity contribution in [3.05, 3.63) is 35.4 Å². The van der Waals surface area contributed by atoms with Gasteiger partial charge in [0.15, 0.2) is 0 Å². The van der Waals surface area contributed by atoms with E-state index in [0.717, 1.165) is 25.1 Å². The number of amides is 1. The molecule has 1 amide bonds. The lowest BCUT2D eigenvalue weighted by molar-refractivity contribution is 0.0483. The second kappa shape index (κ2) is 3.59. The number of carbonyl (C=O) groups is 1. The van der Waals surface area contributed by atoms with Crippen LogP contribution in [0.25, 0.3) is 0 Å². The lowest BCUT2D eigenvalue weighted by Crippen LogP contribution is -2.60. The number of fused-ring (bicyclic) bond motifs is 2. The van der Waals surface area contributed by atoms with E-state index >= 15 is 0 Å². The quantitative estimate of drug-likeness (QED) is 0.703. The van der Waals surface area contributed by atoms with Crippen molar-refractivity contribution in [2.24, 2.45) is 0 Å². The molecule has 1 N–H and O–H groups in total. The minimum absolute atomic E-state index is 0.209. The largest absolute Gasteiger partial charge is 0.330 e. The van der Waals surface area contributed by atoms with Crippen LogP contribution < -0.4 is 5.32 Å². The van der Waals surface area contributed by atoms with E-state index in [4.69, 9.17) is 0 Å². The maximum absolute atomic E-state index is 12.4. The van der Waals surface area contributed by atoms with Crippen molar-refractivity contribution in [3.63, 3.8) is 0 Å². The minimum Gasteiger partial charge on any atom is -0.330 e. The van der Waals surface area contributed by atoms with Gasteiger partial charge in [-0.15, -0.1) is 0 Å². The summed E-state index contributed by atoms with van der Waals surface area (Å²) in [7, 11) is 0. The van der Waals surface area contributed by atoms with E-state index in [1.807, 2.05) is 18.2 Å². The van der Waals surface area contributed by atoms with Crippen molar-refractivity contribution in [2.45, 2.75) is 25.4 Å². The zero-order chi connectivity index (χ0) is 11.1. The highest BCUT2D eigenvalue weighted by Gasteiger charge is 2.36. The number of hydrogen-bond acceptors (Lipinski definition) is 2. The third kappa shape index (κ3) is 1.35. The first-order chi connectivity index (χ1) is 7.77. The highest BCUT2D eigenvalue weighted by atomic mass is 16.2. The van der Waals surface area contributed by atoms with Crippen LogP contribution in [0, 0.1) is 0 Å². The van der Waals surface area contributed by atoms with Crippen molar-refractivity contribution in [3.8, 4) is 0 Å². The van der Waals surface area contributed by atoms with Crippen LogP contribution >= 0.6 is 0 Å². The number of piperazine rings is 1. The summed E-state index contributed by atoms with van der Waals surface area (Å²) in [5.41, 5.74) is 2.09. The Kier molecular flexibility index (Phi) is 2.21. The van der Waals surface area contributed by atoms with Gasteiger partial charge in [0.2, 0.25) is 0 Å². The highest BCUT2D eigenvalue weighted by Crippen LogP contribution is 2.26. The number of nitrogens with zero attached hydrogens (tertiary/aromatic N) is 1. The molecule has 0 spiro atoms. The molecule has 3 heteroatoms. The third-order valence-corrected chi connectivity index (χ3v) is 3.63. The van der Waals surface area contributed by atoms with Crippen LogP contribution in [0.1, 0.15) is 22.8 Å².